The maximum atomic E-state index is 9.84. The van der Waals surface area contributed by atoms with Gasteiger partial charge >= 0.3 is 0 Å². The fourth-order valence-electron chi connectivity index (χ4n) is 1.08. The van der Waals surface area contributed by atoms with Crippen molar-refractivity contribution >= 4 is 6.29 Å². The standard InChI is InChI=1S/C7H12O/c1-6-5-7(6)3-2-4-8/h4,6-7H,2-3,5H2,1H3. The lowest BCUT2D eigenvalue weighted by molar-refractivity contribution is -0.108. The highest BCUT2D eigenvalue weighted by Crippen LogP contribution is 2.40. The summed E-state index contributed by atoms with van der Waals surface area (Å²) in [4.78, 5) is 9.84. The Hall–Kier alpha value is -0.330. The zero-order valence-electron chi connectivity index (χ0n) is 5.26. The Morgan fingerprint density at radius 3 is 2.75 bits per heavy atom. The van der Waals surface area contributed by atoms with Gasteiger partial charge in [0.2, 0.25) is 0 Å². The number of rotatable bonds is 3. The van der Waals surface area contributed by atoms with E-state index in [-0.39, 0.29) is 0 Å². The summed E-state index contributed by atoms with van der Waals surface area (Å²) in [6.07, 6.45) is 4.28. The van der Waals surface area contributed by atoms with Crippen molar-refractivity contribution in [2.24, 2.45) is 11.8 Å². The average Bonchev–Trinajstić information content (AvgIpc) is 2.42. The largest absolute Gasteiger partial charge is 0.303 e. The molecule has 0 spiro atoms. The van der Waals surface area contributed by atoms with E-state index in [4.69, 9.17) is 0 Å². The van der Waals surface area contributed by atoms with Gasteiger partial charge in [-0.2, -0.15) is 0 Å². The highest BCUT2D eigenvalue weighted by atomic mass is 16.1. The van der Waals surface area contributed by atoms with Crippen molar-refractivity contribution in [3.8, 4) is 0 Å². The molecule has 0 amide bonds. The Morgan fingerprint density at radius 2 is 2.38 bits per heavy atom. The third-order valence-corrected chi connectivity index (χ3v) is 1.93. The molecule has 0 aromatic heterocycles. The monoisotopic (exact) mass is 112 g/mol. The molecule has 1 aliphatic carbocycles. The quantitative estimate of drug-likeness (QED) is 0.507. The van der Waals surface area contributed by atoms with Gasteiger partial charge in [-0.1, -0.05) is 6.92 Å². The van der Waals surface area contributed by atoms with Crippen molar-refractivity contribution in [1.29, 1.82) is 0 Å². The molecule has 1 nitrogen and oxygen atoms in total. The summed E-state index contributed by atoms with van der Waals surface area (Å²) in [5.41, 5.74) is 0. The zero-order chi connectivity index (χ0) is 5.98. The summed E-state index contributed by atoms with van der Waals surface area (Å²) in [7, 11) is 0. The summed E-state index contributed by atoms with van der Waals surface area (Å²) in [5.74, 6) is 1.80. The van der Waals surface area contributed by atoms with Crippen LogP contribution in [-0.4, -0.2) is 6.29 Å². The van der Waals surface area contributed by atoms with E-state index in [1.807, 2.05) is 0 Å². The van der Waals surface area contributed by atoms with Crippen LogP contribution in [0.1, 0.15) is 26.2 Å². The van der Waals surface area contributed by atoms with Crippen LogP contribution in [0.5, 0.6) is 0 Å². The first kappa shape index (κ1) is 5.80. The Bertz CT molecular complexity index is 88.4. The summed E-state index contributed by atoms with van der Waals surface area (Å²) in [6, 6.07) is 0. The van der Waals surface area contributed by atoms with Crippen LogP contribution < -0.4 is 0 Å². The highest BCUT2D eigenvalue weighted by Gasteiger charge is 2.31. The Labute approximate surface area is 50.1 Å². The zero-order valence-corrected chi connectivity index (χ0v) is 5.26. The second-order valence-corrected chi connectivity index (χ2v) is 2.72. The first-order chi connectivity index (χ1) is 3.84. The SMILES string of the molecule is CC1CC1CCC=O. The van der Waals surface area contributed by atoms with Crippen LogP contribution in [0.15, 0.2) is 0 Å². The van der Waals surface area contributed by atoms with Gasteiger partial charge in [0, 0.05) is 6.42 Å². The topological polar surface area (TPSA) is 17.1 Å². The first-order valence-corrected chi connectivity index (χ1v) is 3.28. The molecular formula is C7H12O. The molecule has 1 rings (SSSR count). The number of carbonyl (C=O) groups excluding carboxylic acids is 1. The second kappa shape index (κ2) is 2.29. The summed E-state index contributed by atoms with van der Waals surface area (Å²) in [5, 5.41) is 0. The van der Waals surface area contributed by atoms with Crippen molar-refractivity contribution in [3.63, 3.8) is 0 Å². The third kappa shape index (κ3) is 1.32. The molecule has 0 aromatic rings. The average molecular weight is 112 g/mol. The van der Waals surface area contributed by atoms with Crippen LogP contribution in [0.2, 0.25) is 0 Å². The van der Waals surface area contributed by atoms with Crippen LogP contribution >= 0.6 is 0 Å². The molecule has 0 heterocycles. The highest BCUT2D eigenvalue weighted by molar-refractivity contribution is 5.49. The predicted octanol–water partition coefficient (Wildman–Crippen LogP) is 1.62. The van der Waals surface area contributed by atoms with E-state index in [2.05, 4.69) is 6.92 Å². The molecule has 2 atom stereocenters. The van der Waals surface area contributed by atoms with Gasteiger partial charge in [0.15, 0.2) is 0 Å². The normalized spacial score (nSPS) is 34.6. The van der Waals surface area contributed by atoms with Gasteiger partial charge in [0.05, 0.1) is 0 Å². The van der Waals surface area contributed by atoms with E-state index >= 15 is 0 Å². The molecule has 0 aromatic carbocycles. The molecule has 0 saturated heterocycles. The number of hydrogen-bond donors (Lipinski definition) is 0. The lowest BCUT2D eigenvalue weighted by Gasteiger charge is -1.86. The number of carbonyl (C=O) groups is 1. The lowest BCUT2D eigenvalue weighted by atomic mass is 10.2. The van der Waals surface area contributed by atoms with E-state index in [1.54, 1.807) is 0 Å². The van der Waals surface area contributed by atoms with E-state index in [0.717, 1.165) is 31.0 Å². The molecule has 1 heteroatoms. The van der Waals surface area contributed by atoms with E-state index < -0.39 is 0 Å². The molecule has 1 saturated carbocycles. The van der Waals surface area contributed by atoms with E-state index in [9.17, 15) is 4.79 Å². The van der Waals surface area contributed by atoms with Gasteiger partial charge in [0.25, 0.3) is 0 Å². The van der Waals surface area contributed by atoms with Crippen molar-refractivity contribution in [2.75, 3.05) is 0 Å². The number of hydrogen-bond acceptors (Lipinski definition) is 1. The molecule has 46 valence electrons. The first-order valence-electron chi connectivity index (χ1n) is 3.28. The Balaban J connectivity index is 1.97. The third-order valence-electron chi connectivity index (χ3n) is 1.93. The maximum Gasteiger partial charge on any atom is 0.120 e. The van der Waals surface area contributed by atoms with Gasteiger partial charge in [-0.15, -0.1) is 0 Å². The molecule has 0 bridgehead atoms. The summed E-state index contributed by atoms with van der Waals surface area (Å²) >= 11 is 0. The van der Waals surface area contributed by atoms with Crippen LogP contribution in [0.25, 0.3) is 0 Å². The van der Waals surface area contributed by atoms with Gasteiger partial charge in [-0.05, 0) is 24.7 Å². The Kier molecular flexibility index (Phi) is 1.66. The van der Waals surface area contributed by atoms with Crippen molar-refractivity contribution in [2.45, 2.75) is 26.2 Å². The van der Waals surface area contributed by atoms with Gasteiger partial charge < -0.3 is 4.79 Å². The minimum absolute atomic E-state index is 0.773. The van der Waals surface area contributed by atoms with Crippen LogP contribution in [0.3, 0.4) is 0 Å². The smallest absolute Gasteiger partial charge is 0.120 e. The molecule has 1 fully saturated rings. The van der Waals surface area contributed by atoms with Crippen LogP contribution in [0.4, 0.5) is 0 Å². The molecule has 2 unspecified atom stereocenters. The molecular weight excluding hydrogens is 100 g/mol. The fraction of sp³-hybridized carbons (Fsp3) is 0.857. The Morgan fingerprint density at radius 1 is 1.75 bits per heavy atom. The second-order valence-electron chi connectivity index (χ2n) is 2.72. The number of aldehydes is 1. The van der Waals surface area contributed by atoms with Crippen LogP contribution in [-0.2, 0) is 4.79 Å². The molecule has 1 aliphatic rings. The van der Waals surface area contributed by atoms with Crippen LogP contribution in [0, 0.1) is 11.8 Å². The van der Waals surface area contributed by atoms with E-state index in [0.29, 0.717) is 0 Å². The van der Waals surface area contributed by atoms with Gasteiger partial charge in [-0.3, -0.25) is 0 Å². The molecule has 8 heavy (non-hydrogen) atoms. The molecule has 0 aliphatic heterocycles. The van der Waals surface area contributed by atoms with Gasteiger partial charge in [-0.25, -0.2) is 0 Å². The summed E-state index contributed by atoms with van der Waals surface area (Å²) < 4.78 is 0. The van der Waals surface area contributed by atoms with Gasteiger partial charge in [0.1, 0.15) is 6.29 Å². The maximum absolute atomic E-state index is 9.84. The minimum atomic E-state index is 0.773. The molecule has 0 N–H and O–H groups in total. The minimum Gasteiger partial charge on any atom is -0.303 e. The van der Waals surface area contributed by atoms with Crippen molar-refractivity contribution in [3.05, 3.63) is 0 Å². The predicted molar refractivity (Wildman–Crippen MR) is 32.6 cm³/mol. The van der Waals surface area contributed by atoms with Crippen molar-refractivity contribution < 1.29 is 4.79 Å². The fourth-order valence-corrected chi connectivity index (χ4v) is 1.08. The lowest BCUT2D eigenvalue weighted by Crippen LogP contribution is -1.79. The van der Waals surface area contributed by atoms with Crippen molar-refractivity contribution in [1.82, 2.24) is 0 Å². The molecule has 0 radical (unpaired) electrons. The van der Waals surface area contributed by atoms with E-state index in [1.165, 1.54) is 6.42 Å². The summed E-state index contributed by atoms with van der Waals surface area (Å²) in [6.45, 7) is 2.25.